The maximum atomic E-state index is 13.4. The monoisotopic (exact) mass is 700 g/mol. The number of hydrogen-bond donors (Lipinski definition) is 4. The molecule has 1 atom stereocenters. The Bertz CT molecular complexity index is 2490. The number of fused-ring (bicyclic) bond motifs is 2. The van der Waals surface area contributed by atoms with Gasteiger partial charge in [-0.25, -0.2) is 19.0 Å². The van der Waals surface area contributed by atoms with Crippen LogP contribution >= 0.6 is 0 Å². The van der Waals surface area contributed by atoms with Crippen LogP contribution in [0.15, 0.2) is 80.4 Å². The van der Waals surface area contributed by atoms with Gasteiger partial charge in [-0.3, -0.25) is 29.5 Å². The Morgan fingerprint density at radius 1 is 0.720 bits per heavy atom. The number of benzene rings is 2. The van der Waals surface area contributed by atoms with Crippen molar-refractivity contribution < 1.29 is 26.3 Å². The van der Waals surface area contributed by atoms with Gasteiger partial charge in [0, 0.05) is 0 Å². The van der Waals surface area contributed by atoms with Gasteiger partial charge < -0.3 is 0 Å². The maximum Gasteiger partial charge on any atom is 0.436 e. The number of nitrogens with zero attached hydrogens (tertiary/aromatic N) is 4. The third kappa shape index (κ3) is 5.96. The van der Waals surface area contributed by atoms with E-state index in [2.05, 4.69) is 26.7 Å². The molecule has 4 aromatic heterocycles. The van der Waals surface area contributed by atoms with E-state index in [1.165, 1.54) is 6.08 Å². The molecule has 0 radical (unpaired) electrons. The van der Waals surface area contributed by atoms with Crippen LogP contribution in [-0.4, -0.2) is 39.5 Å². The zero-order valence-corrected chi connectivity index (χ0v) is 26.1. The number of alkyl halides is 6. The molecule has 50 heavy (non-hydrogen) atoms. The smallest absolute Gasteiger partial charge is 0.291 e. The standard InChI is InChI=1S/2C16H13F3N4O2/c1-8-2-4-9(5-3-8)15(6-7-15)23-12-10(11(22-23)16(17,18)19)13(24)21-14(25)20-12;1-3-10(9-6-4-8(2)5-7-9)23-13-11(12(22-23)16(17,18)19)14(24)21-15(25)20-13/h2-5H,6-7H2,1H3,(H2,20,21,24,25);3-7,10H,1H2,2H3,(H2,20,21,24,25). The zero-order valence-electron chi connectivity index (χ0n) is 26.1. The molecule has 1 fully saturated rings. The number of aromatic amines is 4. The summed E-state index contributed by atoms with van der Waals surface area (Å²) in [6, 6.07) is 13.6. The van der Waals surface area contributed by atoms with Gasteiger partial charge >= 0.3 is 23.7 Å². The third-order valence-electron chi connectivity index (χ3n) is 8.33. The second kappa shape index (κ2) is 11.9. The summed E-state index contributed by atoms with van der Waals surface area (Å²) in [6.07, 6.45) is -7.14. The van der Waals surface area contributed by atoms with E-state index in [0.717, 1.165) is 26.1 Å². The lowest BCUT2D eigenvalue weighted by Crippen LogP contribution is -2.26. The average molecular weight is 701 g/mol. The lowest BCUT2D eigenvalue weighted by Gasteiger charge is -2.17. The third-order valence-corrected chi connectivity index (χ3v) is 8.33. The SMILES string of the molecule is C=CC(c1ccc(C)cc1)n1nc(C(F)(F)F)c2c(=O)[nH]c(=O)[nH]c21.Cc1ccc(C2(n3nc(C(F)(F)F)c4c(=O)[nH]c(=O)[nH]c43)CC2)cc1. The Kier molecular flexibility index (Phi) is 8.07. The van der Waals surface area contributed by atoms with Crippen molar-refractivity contribution in [2.45, 2.75) is 50.6 Å². The molecule has 1 aliphatic carbocycles. The van der Waals surface area contributed by atoms with Gasteiger partial charge in [0.1, 0.15) is 22.1 Å². The number of hydrogen-bond acceptors (Lipinski definition) is 6. The lowest BCUT2D eigenvalue weighted by atomic mass is 10.0. The van der Waals surface area contributed by atoms with Crippen LogP contribution in [0, 0.1) is 13.8 Å². The van der Waals surface area contributed by atoms with Crippen molar-refractivity contribution in [3.63, 3.8) is 0 Å². The van der Waals surface area contributed by atoms with Gasteiger partial charge in [0.25, 0.3) is 11.1 Å². The first kappa shape index (κ1) is 33.9. The predicted octanol–water partition coefficient (Wildman–Crippen LogP) is 4.79. The minimum atomic E-state index is -4.85. The van der Waals surface area contributed by atoms with Crippen molar-refractivity contribution >= 4 is 22.1 Å². The predicted molar refractivity (Wildman–Crippen MR) is 169 cm³/mol. The van der Waals surface area contributed by atoms with Crippen LogP contribution in [-0.2, 0) is 17.9 Å². The van der Waals surface area contributed by atoms with E-state index in [0.29, 0.717) is 18.4 Å². The number of halogens is 6. The summed E-state index contributed by atoms with van der Waals surface area (Å²) >= 11 is 0. The van der Waals surface area contributed by atoms with Crippen molar-refractivity contribution in [2.24, 2.45) is 0 Å². The summed E-state index contributed by atoms with van der Waals surface area (Å²) in [5.74, 6) is 0. The quantitative estimate of drug-likeness (QED) is 0.149. The highest BCUT2D eigenvalue weighted by molar-refractivity contribution is 5.79. The molecule has 1 saturated carbocycles. The molecule has 18 heteroatoms. The normalized spacial score (nSPS) is 14.7. The van der Waals surface area contributed by atoms with E-state index in [4.69, 9.17) is 0 Å². The number of rotatable bonds is 5. The van der Waals surface area contributed by atoms with Crippen LogP contribution in [0.4, 0.5) is 26.3 Å². The highest BCUT2D eigenvalue weighted by Crippen LogP contribution is 2.50. The van der Waals surface area contributed by atoms with Gasteiger partial charge in [-0.2, -0.15) is 36.5 Å². The molecule has 0 amide bonds. The van der Waals surface area contributed by atoms with E-state index in [-0.39, 0.29) is 11.3 Å². The van der Waals surface area contributed by atoms with Crippen LogP contribution in [0.3, 0.4) is 0 Å². The van der Waals surface area contributed by atoms with E-state index in [9.17, 15) is 45.5 Å². The average Bonchev–Trinajstić information content (AvgIpc) is 3.57. The van der Waals surface area contributed by atoms with Crippen LogP contribution in [0.5, 0.6) is 0 Å². The summed E-state index contributed by atoms with van der Waals surface area (Å²) in [5, 5.41) is 5.90. The van der Waals surface area contributed by atoms with Crippen LogP contribution < -0.4 is 22.5 Å². The first-order valence-corrected chi connectivity index (χ1v) is 14.9. The van der Waals surface area contributed by atoms with E-state index in [1.54, 1.807) is 29.2 Å². The molecule has 0 saturated heterocycles. The van der Waals surface area contributed by atoms with Crippen LogP contribution in [0.2, 0.25) is 0 Å². The highest BCUT2D eigenvalue weighted by Gasteiger charge is 2.50. The van der Waals surface area contributed by atoms with Crippen molar-refractivity contribution in [1.29, 1.82) is 0 Å². The van der Waals surface area contributed by atoms with E-state index >= 15 is 0 Å². The van der Waals surface area contributed by atoms with Gasteiger partial charge in [0.15, 0.2) is 11.4 Å². The topological polar surface area (TPSA) is 167 Å². The number of aryl methyl sites for hydroxylation is 2. The Labute approximate surface area is 275 Å². The minimum absolute atomic E-state index is 0.209. The molecule has 2 aromatic carbocycles. The molecular weight excluding hydrogens is 674 g/mol. The molecular formula is C32H26F6N8O4. The summed E-state index contributed by atoms with van der Waals surface area (Å²) in [5.41, 5.74) is -4.61. The Morgan fingerprint density at radius 3 is 1.66 bits per heavy atom. The first-order chi connectivity index (χ1) is 23.4. The molecule has 0 spiro atoms. The van der Waals surface area contributed by atoms with Crippen molar-refractivity contribution in [2.75, 3.05) is 0 Å². The molecule has 4 heterocycles. The fraction of sp³-hybridized carbons (Fsp3) is 0.250. The van der Waals surface area contributed by atoms with Gasteiger partial charge in [-0.05, 0) is 37.8 Å². The number of allylic oxidation sites excluding steroid dienone is 1. The van der Waals surface area contributed by atoms with Crippen molar-refractivity contribution in [1.82, 2.24) is 39.5 Å². The lowest BCUT2D eigenvalue weighted by molar-refractivity contribution is -0.141. The van der Waals surface area contributed by atoms with Gasteiger partial charge in [0.05, 0.1) is 11.6 Å². The fourth-order valence-corrected chi connectivity index (χ4v) is 5.78. The Balaban J connectivity index is 0.000000173. The largest absolute Gasteiger partial charge is 0.436 e. The molecule has 4 N–H and O–H groups in total. The fourth-order valence-electron chi connectivity index (χ4n) is 5.78. The molecule has 1 aliphatic rings. The highest BCUT2D eigenvalue weighted by atomic mass is 19.4. The van der Waals surface area contributed by atoms with E-state index in [1.807, 2.05) is 43.1 Å². The molecule has 12 nitrogen and oxygen atoms in total. The molecule has 6 aromatic rings. The summed E-state index contributed by atoms with van der Waals surface area (Å²) < 4.78 is 82.0. The Morgan fingerprint density at radius 2 is 1.18 bits per heavy atom. The van der Waals surface area contributed by atoms with Gasteiger partial charge in [-0.1, -0.05) is 65.7 Å². The second-order valence-corrected chi connectivity index (χ2v) is 11.8. The summed E-state index contributed by atoms with van der Waals surface area (Å²) in [6.45, 7) is 7.42. The molecule has 1 unspecified atom stereocenters. The molecule has 0 bridgehead atoms. The molecule has 0 aliphatic heterocycles. The zero-order chi connectivity index (χ0) is 36.3. The number of H-pyrrole nitrogens is 4. The van der Waals surface area contributed by atoms with Crippen LogP contribution in [0.1, 0.15) is 52.5 Å². The maximum absolute atomic E-state index is 13.4. The summed E-state index contributed by atoms with van der Waals surface area (Å²) in [4.78, 5) is 55.2. The van der Waals surface area contributed by atoms with Gasteiger partial charge in [-0.15, -0.1) is 6.58 Å². The Hall–Kier alpha value is -5.94. The minimum Gasteiger partial charge on any atom is -0.291 e. The van der Waals surface area contributed by atoms with Crippen molar-refractivity contribution in [3.05, 3.63) is 137 Å². The molecule has 260 valence electrons. The van der Waals surface area contributed by atoms with Crippen LogP contribution in [0.25, 0.3) is 22.1 Å². The van der Waals surface area contributed by atoms with Crippen molar-refractivity contribution in [3.8, 4) is 0 Å². The van der Waals surface area contributed by atoms with Gasteiger partial charge in [0.2, 0.25) is 0 Å². The number of aromatic nitrogens is 8. The van der Waals surface area contributed by atoms with E-state index < -0.39 is 68.6 Å². The summed E-state index contributed by atoms with van der Waals surface area (Å²) in [7, 11) is 0. The second-order valence-electron chi connectivity index (χ2n) is 11.8. The number of nitrogens with one attached hydrogen (secondary N) is 4. The molecule has 7 rings (SSSR count). The first-order valence-electron chi connectivity index (χ1n) is 14.9.